The highest BCUT2D eigenvalue weighted by molar-refractivity contribution is 6.35. The van der Waals surface area contributed by atoms with E-state index < -0.39 is 16.7 Å². The van der Waals surface area contributed by atoms with Crippen molar-refractivity contribution in [3.8, 4) is 0 Å². The van der Waals surface area contributed by atoms with Crippen molar-refractivity contribution in [3.05, 3.63) is 61.8 Å². The summed E-state index contributed by atoms with van der Waals surface area (Å²) in [7, 11) is 0. The van der Waals surface area contributed by atoms with E-state index in [4.69, 9.17) is 27.6 Å². The van der Waals surface area contributed by atoms with Crippen LogP contribution < -0.4 is 5.32 Å². The molecule has 1 aromatic heterocycles. The molecule has 0 atom stereocenters. The van der Waals surface area contributed by atoms with E-state index in [2.05, 4.69) is 5.32 Å². The molecule has 1 heterocycles. The van der Waals surface area contributed by atoms with Gasteiger partial charge in [-0.2, -0.15) is 0 Å². The van der Waals surface area contributed by atoms with E-state index in [1.807, 2.05) is 0 Å². The van der Waals surface area contributed by atoms with Gasteiger partial charge in [0.1, 0.15) is 4.92 Å². The van der Waals surface area contributed by atoms with Crippen LogP contribution in [0.15, 0.2) is 34.7 Å². The molecule has 0 aliphatic carbocycles. The van der Waals surface area contributed by atoms with Crippen LogP contribution in [-0.2, 0) is 6.42 Å². The fourth-order valence-corrected chi connectivity index (χ4v) is 2.17. The number of nitrogens with one attached hydrogen (secondary N) is 1. The fourth-order valence-electron chi connectivity index (χ4n) is 1.67. The number of hydrogen-bond donors (Lipinski definition) is 1. The molecule has 6 nitrogen and oxygen atoms in total. The minimum atomic E-state index is -0.704. The predicted octanol–water partition coefficient (Wildman–Crippen LogP) is 3.47. The molecule has 8 heteroatoms. The van der Waals surface area contributed by atoms with E-state index in [9.17, 15) is 14.9 Å². The van der Waals surface area contributed by atoms with Gasteiger partial charge in [-0.05, 0) is 30.2 Å². The third-order valence-electron chi connectivity index (χ3n) is 2.69. The maximum absolute atomic E-state index is 11.7. The largest absolute Gasteiger partial charge is 0.433 e. The van der Waals surface area contributed by atoms with Crippen molar-refractivity contribution in [2.24, 2.45) is 0 Å². The van der Waals surface area contributed by atoms with Gasteiger partial charge in [0.25, 0.3) is 5.91 Å². The molecule has 2 rings (SSSR count). The molecule has 0 saturated carbocycles. The predicted molar refractivity (Wildman–Crippen MR) is 77.9 cm³/mol. The molecule has 1 N–H and O–H groups in total. The maximum atomic E-state index is 11.7. The third kappa shape index (κ3) is 3.96. The van der Waals surface area contributed by atoms with Gasteiger partial charge in [0.15, 0.2) is 5.76 Å². The summed E-state index contributed by atoms with van der Waals surface area (Å²) >= 11 is 11.8. The number of nitro groups is 1. The summed E-state index contributed by atoms with van der Waals surface area (Å²) in [6, 6.07) is 7.49. The van der Waals surface area contributed by atoms with E-state index in [0.29, 0.717) is 23.0 Å². The lowest BCUT2D eigenvalue weighted by molar-refractivity contribution is -0.402. The molecule has 0 fully saturated rings. The molecular weight excluding hydrogens is 319 g/mol. The van der Waals surface area contributed by atoms with E-state index in [-0.39, 0.29) is 5.76 Å². The minimum Gasteiger partial charge on any atom is -0.395 e. The Bertz CT molecular complexity index is 685. The van der Waals surface area contributed by atoms with Crippen molar-refractivity contribution < 1.29 is 14.1 Å². The number of nitrogens with zero attached hydrogens (tertiary/aromatic N) is 1. The maximum Gasteiger partial charge on any atom is 0.433 e. The van der Waals surface area contributed by atoms with Crippen molar-refractivity contribution in [2.75, 3.05) is 6.54 Å². The van der Waals surface area contributed by atoms with Crippen LogP contribution in [0.3, 0.4) is 0 Å². The second-order valence-corrected chi connectivity index (χ2v) is 4.98. The number of carbonyl (C=O) groups is 1. The highest BCUT2D eigenvalue weighted by Crippen LogP contribution is 2.21. The molecule has 2 aromatic rings. The van der Waals surface area contributed by atoms with Crippen molar-refractivity contribution >= 4 is 35.0 Å². The van der Waals surface area contributed by atoms with Crippen molar-refractivity contribution in [1.29, 1.82) is 0 Å². The summed E-state index contributed by atoms with van der Waals surface area (Å²) < 4.78 is 4.79. The Hall–Kier alpha value is -2.05. The van der Waals surface area contributed by atoms with Crippen LogP contribution in [0.1, 0.15) is 16.1 Å². The topological polar surface area (TPSA) is 85.4 Å². The van der Waals surface area contributed by atoms with Crippen LogP contribution in [0.4, 0.5) is 5.88 Å². The Morgan fingerprint density at radius 2 is 2.05 bits per heavy atom. The summed E-state index contributed by atoms with van der Waals surface area (Å²) in [4.78, 5) is 21.5. The van der Waals surface area contributed by atoms with Crippen molar-refractivity contribution in [2.45, 2.75) is 6.42 Å². The smallest absolute Gasteiger partial charge is 0.395 e. The molecule has 0 radical (unpaired) electrons. The standard InChI is InChI=1S/C13H10Cl2N2O4/c14-9-2-1-8(10(15)7-9)5-6-16-13(18)11-3-4-12(21-11)17(19)20/h1-4,7H,5-6H2,(H,16,18). The number of hydrogen-bond acceptors (Lipinski definition) is 4. The lowest BCUT2D eigenvalue weighted by atomic mass is 10.1. The third-order valence-corrected chi connectivity index (χ3v) is 3.28. The van der Waals surface area contributed by atoms with Gasteiger partial charge in [0, 0.05) is 16.6 Å². The van der Waals surface area contributed by atoms with Crippen LogP contribution in [0.25, 0.3) is 0 Å². The molecule has 0 aliphatic rings. The Morgan fingerprint density at radius 3 is 2.67 bits per heavy atom. The number of amides is 1. The number of carbonyl (C=O) groups excluding carboxylic acids is 1. The lowest BCUT2D eigenvalue weighted by Gasteiger charge is -2.05. The molecule has 21 heavy (non-hydrogen) atoms. The molecular formula is C13H10Cl2N2O4. The summed E-state index contributed by atoms with van der Waals surface area (Å²) in [5, 5.41) is 14.1. The summed E-state index contributed by atoms with van der Waals surface area (Å²) in [6.07, 6.45) is 0.505. The minimum absolute atomic E-state index is 0.107. The van der Waals surface area contributed by atoms with Crippen LogP contribution >= 0.6 is 23.2 Å². The lowest BCUT2D eigenvalue weighted by Crippen LogP contribution is -2.25. The first-order valence-electron chi connectivity index (χ1n) is 5.93. The number of benzene rings is 1. The average Bonchev–Trinajstić information content (AvgIpc) is 2.91. The Labute approximate surface area is 129 Å². The molecule has 0 aliphatic heterocycles. The van der Waals surface area contributed by atoms with Crippen molar-refractivity contribution in [3.63, 3.8) is 0 Å². The molecule has 0 unspecified atom stereocenters. The van der Waals surface area contributed by atoms with E-state index in [1.54, 1.807) is 18.2 Å². The zero-order chi connectivity index (χ0) is 15.4. The molecule has 0 saturated heterocycles. The second-order valence-electron chi connectivity index (χ2n) is 4.14. The van der Waals surface area contributed by atoms with Gasteiger partial charge in [-0.3, -0.25) is 14.9 Å². The van der Waals surface area contributed by atoms with Crippen LogP contribution in [0.5, 0.6) is 0 Å². The number of furan rings is 1. The first-order chi connectivity index (χ1) is 9.97. The summed E-state index contributed by atoms with van der Waals surface area (Å²) in [6.45, 7) is 0.314. The first kappa shape index (κ1) is 15.3. The van der Waals surface area contributed by atoms with Gasteiger partial charge in [0.2, 0.25) is 0 Å². The second kappa shape index (κ2) is 6.60. The van der Waals surface area contributed by atoms with E-state index >= 15 is 0 Å². The molecule has 0 bridgehead atoms. The van der Waals surface area contributed by atoms with E-state index in [1.165, 1.54) is 6.07 Å². The van der Waals surface area contributed by atoms with Crippen molar-refractivity contribution in [1.82, 2.24) is 5.32 Å². The monoisotopic (exact) mass is 328 g/mol. The number of halogens is 2. The normalized spacial score (nSPS) is 10.4. The Morgan fingerprint density at radius 1 is 1.29 bits per heavy atom. The molecule has 110 valence electrons. The Kier molecular flexibility index (Phi) is 4.82. The van der Waals surface area contributed by atoms with Crippen LogP contribution in [-0.4, -0.2) is 17.4 Å². The van der Waals surface area contributed by atoms with Gasteiger partial charge >= 0.3 is 5.88 Å². The van der Waals surface area contributed by atoms with Crippen LogP contribution in [0.2, 0.25) is 10.0 Å². The number of rotatable bonds is 5. The fraction of sp³-hybridized carbons (Fsp3) is 0.154. The highest BCUT2D eigenvalue weighted by Gasteiger charge is 2.16. The van der Waals surface area contributed by atoms with Gasteiger partial charge < -0.3 is 9.73 Å². The summed E-state index contributed by atoms with van der Waals surface area (Å²) in [5.41, 5.74) is 0.840. The molecule has 1 amide bonds. The summed E-state index contributed by atoms with van der Waals surface area (Å²) in [5.74, 6) is -1.10. The Balaban J connectivity index is 1.90. The molecule has 1 aromatic carbocycles. The van der Waals surface area contributed by atoms with Crippen LogP contribution in [0, 0.1) is 10.1 Å². The van der Waals surface area contributed by atoms with E-state index in [0.717, 1.165) is 11.6 Å². The van der Waals surface area contributed by atoms with Gasteiger partial charge in [-0.1, -0.05) is 29.3 Å². The van der Waals surface area contributed by atoms with Gasteiger partial charge in [-0.15, -0.1) is 0 Å². The quantitative estimate of drug-likeness (QED) is 0.672. The zero-order valence-corrected chi connectivity index (χ0v) is 12.1. The molecule has 0 spiro atoms. The highest BCUT2D eigenvalue weighted by atomic mass is 35.5. The average molecular weight is 329 g/mol. The zero-order valence-electron chi connectivity index (χ0n) is 10.6. The van der Waals surface area contributed by atoms with Gasteiger partial charge in [-0.25, -0.2) is 0 Å². The first-order valence-corrected chi connectivity index (χ1v) is 6.69. The SMILES string of the molecule is O=C(NCCc1ccc(Cl)cc1Cl)c1ccc([N+](=O)[O-])o1. The van der Waals surface area contributed by atoms with Gasteiger partial charge in [0.05, 0.1) is 6.07 Å².